The van der Waals surface area contributed by atoms with Crippen LogP contribution in [0.1, 0.15) is 32.0 Å². The van der Waals surface area contributed by atoms with E-state index in [9.17, 15) is 27.6 Å². The molecule has 3 N–H and O–H groups in total. The van der Waals surface area contributed by atoms with E-state index in [1.807, 2.05) is 11.9 Å². The summed E-state index contributed by atoms with van der Waals surface area (Å²) in [5.41, 5.74) is -0.958. The molecule has 4 rings (SSSR count). The summed E-state index contributed by atoms with van der Waals surface area (Å²) in [6.45, 7) is 4.67. The van der Waals surface area contributed by atoms with Crippen LogP contribution in [0.2, 0.25) is 0 Å². The third-order valence-electron chi connectivity index (χ3n) is 4.81. The van der Waals surface area contributed by atoms with E-state index in [-0.39, 0.29) is 22.4 Å². The van der Waals surface area contributed by atoms with E-state index in [0.29, 0.717) is 25.2 Å². The standard InChI is InChI=1S/C13H16F2N2O2.C8H5FN2O2/c1-8(12-10(15)3-9(14)5-16-12)17-11(18)4-13(2)6-19-7-13;9-4-1-2-6-5(3-4)7(12)11-8(13)10-6/h3,5,8H,4,6-7H2,1-2H3,(H,17,18);1-3H,(H2,10,11,12,13). The number of nitrogens with one attached hydrogen (secondary N) is 3. The Bertz CT molecular complexity index is 1250. The minimum Gasteiger partial charge on any atom is -0.380 e. The molecule has 8 nitrogen and oxygen atoms in total. The van der Waals surface area contributed by atoms with Crippen LogP contribution < -0.4 is 16.6 Å². The first kappa shape index (κ1) is 23.2. The van der Waals surface area contributed by atoms with Crippen LogP contribution >= 0.6 is 0 Å². The van der Waals surface area contributed by atoms with E-state index in [2.05, 4.69) is 15.3 Å². The number of halogens is 3. The Labute approximate surface area is 179 Å². The fourth-order valence-corrected chi connectivity index (χ4v) is 3.18. The average Bonchev–Trinajstić information content (AvgIpc) is 2.67. The SMILES string of the molecule is CC(NC(=O)CC1(C)COC1)c1ncc(F)cc1F.O=c1[nH]c(=O)c2cc(F)ccc2[nH]1. The smallest absolute Gasteiger partial charge is 0.326 e. The van der Waals surface area contributed by atoms with Gasteiger partial charge in [-0.2, -0.15) is 0 Å². The van der Waals surface area contributed by atoms with E-state index >= 15 is 0 Å². The van der Waals surface area contributed by atoms with Gasteiger partial charge in [0.2, 0.25) is 5.91 Å². The van der Waals surface area contributed by atoms with Gasteiger partial charge in [-0.05, 0) is 25.1 Å². The molecule has 0 radical (unpaired) electrons. The zero-order valence-electron chi connectivity index (χ0n) is 17.3. The van der Waals surface area contributed by atoms with Crippen molar-refractivity contribution < 1.29 is 22.7 Å². The molecule has 1 atom stereocenters. The Hall–Kier alpha value is -3.47. The summed E-state index contributed by atoms with van der Waals surface area (Å²) >= 11 is 0. The van der Waals surface area contributed by atoms with E-state index < -0.39 is 34.7 Å². The number of hydrogen-bond acceptors (Lipinski definition) is 5. The minimum atomic E-state index is -0.758. The third-order valence-corrected chi connectivity index (χ3v) is 4.81. The molecule has 1 aliphatic heterocycles. The lowest BCUT2D eigenvalue weighted by Gasteiger charge is -2.37. The number of carbonyl (C=O) groups is 1. The Morgan fingerprint density at radius 2 is 1.91 bits per heavy atom. The van der Waals surface area contributed by atoms with Gasteiger partial charge in [0.25, 0.3) is 5.56 Å². The second kappa shape index (κ2) is 9.35. The van der Waals surface area contributed by atoms with E-state index in [1.54, 1.807) is 6.92 Å². The van der Waals surface area contributed by atoms with Gasteiger partial charge in [0.05, 0.1) is 42.0 Å². The molecule has 0 saturated carbocycles. The number of H-pyrrole nitrogens is 2. The van der Waals surface area contributed by atoms with E-state index in [4.69, 9.17) is 4.74 Å². The molecule has 170 valence electrons. The summed E-state index contributed by atoms with van der Waals surface area (Å²) in [7, 11) is 0. The lowest BCUT2D eigenvalue weighted by atomic mass is 9.84. The van der Waals surface area contributed by atoms with Crippen molar-refractivity contribution in [2.24, 2.45) is 5.41 Å². The second-order valence-corrected chi connectivity index (χ2v) is 7.89. The number of amides is 1. The molecular weight excluding hydrogens is 429 g/mol. The van der Waals surface area contributed by atoms with Crippen molar-refractivity contribution in [2.75, 3.05) is 13.2 Å². The molecule has 1 unspecified atom stereocenters. The van der Waals surface area contributed by atoms with Crippen molar-refractivity contribution in [2.45, 2.75) is 26.3 Å². The maximum atomic E-state index is 13.5. The predicted molar refractivity (Wildman–Crippen MR) is 109 cm³/mol. The van der Waals surface area contributed by atoms with Gasteiger partial charge in [-0.1, -0.05) is 6.92 Å². The molecule has 1 aliphatic rings. The number of nitrogens with zero attached hydrogens (tertiary/aromatic N) is 1. The van der Waals surface area contributed by atoms with Gasteiger partial charge in [-0.3, -0.25) is 19.6 Å². The normalized spacial score (nSPS) is 15.3. The highest BCUT2D eigenvalue weighted by atomic mass is 19.1. The molecule has 2 aromatic heterocycles. The van der Waals surface area contributed by atoms with Crippen molar-refractivity contribution in [1.82, 2.24) is 20.3 Å². The zero-order valence-corrected chi connectivity index (χ0v) is 17.3. The number of ether oxygens (including phenoxy) is 1. The molecule has 1 saturated heterocycles. The van der Waals surface area contributed by atoms with Crippen molar-refractivity contribution >= 4 is 16.8 Å². The number of rotatable bonds is 4. The van der Waals surface area contributed by atoms with Gasteiger partial charge in [0.1, 0.15) is 17.5 Å². The van der Waals surface area contributed by atoms with Crippen LogP contribution in [0.15, 0.2) is 40.1 Å². The summed E-state index contributed by atoms with van der Waals surface area (Å²) in [5, 5.41) is 2.80. The third kappa shape index (κ3) is 5.61. The molecule has 0 spiro atoms. The van der Waals surface area contributed by atoms with Crippen molar-refractivity contribution in [3.63, 3.8) is 0 Å². The van der Waals surface area contributed by atoms with Gasteiger partial charge in [0, 0.05) is 17.9 Å². The van der Waals surface area contributed by atoms with Crippen LogP contribution in [0.4, 0.5) is 13.2 Å². The number of aromatic amines is 2. The molecule has 1 fully saturated rings. The van der Waals surface area contributed by atoms with Crippen molar-refractivity contribution in [1.29, 1.82) is 0 Å². The highest BCUT2D eigenvalue weighted by molar-refractivity contribution is 5.77. The average molecular weight is 450 g/mol. The maximum absolute atomic E-state index is 13.5. The monoisotopic (exact) mass is 450 g/mol. The quantitative estimate of drug-likeness (QED) is 0.564. The fraction of sp³-hybridized carbons (Fsp3) is 0.333. The molecule has 32 heavy (non-hydrogen) atoms. The fourth-order valence-electron chi connectivity index (χ4n) is 3.18. The van der Waals surface area contributed by atoms with Gasteiger partial charge < -0.3 is 15.0 Å². The topological polar surface area (TPSA) is 117 Å². The molecular formula is C21H21F3N4O4. The molecule has 3 aromatic rings. The molecule has 0 bridgehead atoms. The first-order valence-electron chi connectivity index (χ1n) is 9.66. The summed E-state index contributed by atoms with van der Waals surface area (Å²) in [6, 6.07) is 3.76. The van der Waals surface area contributed by atoms with Crippen LogP contribution in [0.3, 0.4) is 0 Å². The largest absolute Gasteiger partial charge is 0.380 e. The number of carbonyl (C=O) groups excluding carboxylic acids is 1. The van der Waals surface area contributed by atoms with Crippen LogP contribution in [0.5, 0.6) is 0 Å². The first-order valence-corrected chi connectivity index (χ1v) is 9.66. The van der Waals surface area contributed by atoms with E-state index in [1.165, 1.54) is 12.1 Å². The van der Waals surface area contributed by atoms with Gasteiger partial charge in [0.15, 0.2) is 0 Å². The lowest BCUT2D eigenvalue weighted by Crippen LogP contribution is -2.44. The molecule has 3 heterocycles. The number of aromatic nitrogens is 3. The van der Waals surface area contributed by atoms with Gasteiger partial charge >= 0.3 is 5.69 Å². The number of fused-ring (bicyclic) bond motifs is 1. The summed E-state index contributed by atoms with van der Waals surface area (Å²) < 4.78 is 44.0. The van der Waals surface area contributed by atoms with Crippen LogP contribution in [-0.2, 0) is 9.53 Å². The number of pyridine rings is 1. The summed E-state index contributed by atoms with van der Waals surface area (Å²) in [4.78, 5) is 41.8. The maximum Gasteiger partial charge on any atom is 0.326 e. The van der Waals surface area contributed by atoms with Crippen molar-refractivity contribution in [3.05, 3.63) is 74.4 Å². The van der Waals surface area contributed by atoms with Gasteiger partial charge in [-0.15, -0.1) is 0 Å². The van der Waals surface area contributed by atoms with Gasteiger partial charge in [-0.25, -0.2) is 18.0 Å². The van der Waals surface area contributed by atoms with Crippen molar-refractivity contribution in [3.8, 4) is 0 Å². The lowest BCUT2D eigenvalue weighted by molar-refractivity contribution is -0.139. The Morgan fingerprint density at radius 3 is 2.53 bits per heavy atom. The molecule has 1 amide bonds. The highest BCUT2D eigenvalue weighted by Gasteiger charge is 2.35. The molecule has 0 aliphatic carbocycles. The zero-order chi connectivity index (χ0) is 23.5. The van der Waals surface area contributed by atoms with Crippen LogP contribution in [0.25, 0.3) is 10.9 Å². The number of hydrogen-bond donors (Lipinski definition) is 3. The minimum absolute atomic E-state index is 0.0322. The molecule has 11 heteroatoms. The summed E-state index contributed by atoms with van der Waals surface area (Å²) in [6.07, 6.45) is 1.25. The molecule has 1 aromatic carbocycles. The Balaban J connectivity index is 0.000000193. The van der Waals surface area contributed by atoms with Crippen LogP contribution in [0, 0.1) is 22.9 Å². The number of benzene rings is 1. The first-order chi connectivity index (χ1) is 15.1. The highest BCUT2D eigenvalue weighted by Crippen LogP contribution is 2.30. The Morgan fingerprint density at radius 1 is 1.19 bits per heavy atom. The van der Waals surface area contributed by atoms with E-state index in [0.717, 1.165) is 18.3 Å². The predicted octanol–water partition coefficient (Wildman–Crippen LogP) is 2.32. The van der Waals surface area contributed by atoms with Crippen LogP contribution in [-0.4, -0.2) is 34.1 Å². The second-order valence-electron chi connectivity index (χ2n) is 7.89. The Kier molecular flexibility index (Phi) is 6.78. The summed E-state index contributed by atoms with van der Waals surface area (Å²) in [5.74, 6) is -2.20.